The number of pyridine rings is 1. The zero-order valence-corrected chi connectivity index (χ0v) is 13.3. The molecule has 0 saturated heterocycles. The smallest absolute Gasteiger partial charge is 0.254 e. The van der Waals surface area contributed by atoms with Crippen LogP contribution in [0.5, 0.6) is 0 Å². The Hall–Kier alpha value is -0.910. The van der Waals surface area contributed by atoms with E-state index in [9.17, 15) is 4.79 Å². The van der Waals surface area contributed by atoms with Crippen molar-refractivity contribution in [2.75, 3.05) is 0 Å². The highest BCUT2D eigenvalue weighted by atomic mass is 79.9. The SMILES string of the molecule is CCC(NC(=O)c1cc(Br)cnc1Cl)c1cccs1. The van der Waals surface area contributed by atoms with Crippen molar-refractivity contribution in [2.45, 2.75) is 19.4 Å². The quantitative estimate of drug-likeness (QED) is 0.820. The average molecular weight is 360 g/mol. The minimum Gasteiger partial charge on any atom is -0.344 e. The number of thiophene rings is 1. The number of hydrogen-bond donors (Lipinski definition) is 1. The van der Waals surface area contributed by atoms with Crippen molar-refractivity contribution in [3.8, 4) is 0 Å². The predicted molar refractivity (Wildman–Crippen MR) is 81.8 cm³/mol. The van der Waals surface area contributed by atoms with Gasteiger partial charge in [0.15, 0.2) is 0 Å². The van der Waals surface area contributed by atoms with Crippen LogP contribution in [0, 0.1) is 0 Å². The molecule has 0 bridgehead atoms. The van der Waals surface area contributed by atoms with E-state index in [1.807, 2.05) is 24.4 Å². The fourth-order valence-corrected chi connectivity index (χ4v) is 3.06. The van der Waals surface area contributed by atoms with Gasteiger partial charge in [0.2, 0.25) is 0 Å². The molecule has 6 heteroatoms. The highest BCUT2D eigenvalue weighted by Gasteiger charge is 2.17. The van der Waals surface area contributed by atoms with Crippen molar-refractivity contribution in [1.29, 1.82) is 0 Å². The van der Waals surface area contributed by atoms with Crippen LogP contribution >= 0.6 is 38.9 Å². The van der Waals surface area contributed by atoms with Crippen LogP contribution in [0.15, 0.2) is 34.2 Å². The average Bonchev–Trinajstić information content (AvgIpc) is 2.92. The first kappa shape index (κ1) is 14.5. The Kier molecular flexibility index (Phi) is 4.96. The molecular formula is C13H12BrClN2OS. The Morgan fingerprint density at radius 2 is 2.42 bits per heavy atom. The summed E-state index contributed by atoms with van der Waals surface area (Å²) in [7, 11) is 0. The van der Waals surface area contributed by atoms with Gasteiger partial charge in [-0.05, 0) is 39.9 Å². The standard InChI is InChI=1S/C13H12BrClN2OS/c1-2-10(11-4-3-5-19-11)17-13(18)9-6-8(14)7-16-12(9)15/h3-7,10H,2H2,1H3,(H,17,18). The molecule has 0 saturated carbocycles. The van der Waals surface area contributed by atoms with Crippen LogP contribution in [0.1, 0.15) is 34.6 Å². The lowest BCUT2D eigenvalue weighted by Gasteiger charge is -2.15. The largest absolute Gasteiger partial charge is 0.344 e. The van der Waals surface area contributed by atoms with E-state index in [1.54, 1.807) is 23.6 Å². The number of carbonyl (C=O) groups is 1. The Labute approximate surface area is 129 Å². The number of nitrogens with zero attached hydrogens (tertiary/aromatic N) is 1. The van der Waals surface area contributed by atoms with Gasteiger partial charge in [-0.2, -0.15) is 0 Å². The number of amides is 1. The second-order valence-corrected chi connectivity index (χ2v) is 6.19. The van der Waals surface area contributed by atoms with E-state index in [0.717, 1.165) is 15.8 Å². The summed E-state index contributed by atoms with van der Waals surface area (Å²) in [5.74, 6) is -0.209. The van der Waals surface area contributed by atoms with Gasteiger partial charge in [-0.15, -0.1) is 11.3 Å². The van der Waals surface area contributed by atoms with Crippen LogP contribution in [-0.4, -0.2) is 10.9 Å². The van der Waals surface area contributed by atoms with E-state index >= 15 is 0 Å². The second kappa shape index (κ2) is 6.50. The van der Waals surface area contributed by atoms with Crippen molar-refractivity contribution < 1.29 is 4.79 Å². The molecule has 0 aromatic carbocycles. The number of hydrogen-bond acceptors (Lipinski definition) is 3. The Morgan fingerprint density at radius 1 is 1.63 bits per heavy atom. The van der Waals surface area contributed by atoms with Gasteiger partial charge in [0.25, 0.3) is 5.91 Å². The second-order valence-electron chi connectivity index (χ2n) is 3.94. The molecule has 19 heavy (non-hydrogen) atoms. The van der Waals surface area contributed by atoms with Gasteiger partial charge in [-0.25, -0.2) is 4.98 Å². The molecule has 1 unspecified atom stereocenters. The third-order valence-electron chi connectivity index (χ3n) is 2.65. The first-order chi connectivity index (χ1) is 9.11. The number of nitrogens with one attached hydrogen (secondary N) is 1. The topological polar surface area (TPSA) is 42.0 Å². The molecule has 2 rings (SSSR count). The normalized spacial score (nSPS) is 12.2. The molecule has 1 atom stereocenters. The van der Waals surface area contributed by atoms with Crippen molar-refractivity contribution in [2.24, 2.45) is 0 Å². The molecule has 2 aromatic heterocycles. The molecule has 0 radical (unpaired) electrons. The molecule has 0 fully saturated rings. The van der Waals surface area contributed by atoms with Crippen molar-refractivity contribution in [1.82, 2.24) is 10.3 Å². The van der Waals surface area contributed by atoms with Gasteiger partial charge in [0, 0.05) is 15.5 Å². The molecule has 100 valence electrons. The number of halogens is 2. The van der Waals surface area contributed by atoms with E-state index in [-0.39, 0.29) is 17.1 Å². The van der Waals surface area contributed by atoms with Crippen LogP contribution in [0.4, 0.5) is 0 Å². The molecule has 2 heterocycles. The van der Waals surface area contributed by atoms with E-state index in [4.69, 9.17) is 11.6 Å². The Morgan fingerprint density at radius 3 is 3.05 bits per heavy atom. The van der Waals surface area contributed by atoms with E-state index in [0.29, 0.717) is 5.56 Å². The molecule has 3 nitrogen and oxygen atoms in total. The van der Waals surface area contributed by atoms with Crippen LogP contribution in [0.3, 0.4) is 0 Å². The summed E-state index contributed by atoms with van der Waals surface area (Å²) in [5.41, 5.74) is 0.381. The lowest BCUT2D eigenvalue weighted by Crippen LogP contribution is -2.28. The minimum atomic E-state index is -0.209. The summed E-state index contributed by atoms with van der Waals surface area (Å²) in [6.07, 6.45) is 2.39. The molecule has 2 aromatic rings. The van der Waals surface area contributed by atoms with Gasteiger partial charge in [-0.1, -0.05) is 24.6 Å². The highest BCUT2D eigenvalue weighted by molar-refractivity contribution is 9.10. The summed E-state index contributed by atoms with van der Waals surface area (Å²) in [6.45, 7) is 2.03. The summed E-state index contributed by atoms with van der Waals surface area (Å²) >= 11 is 10.9. The third-order valence-corrected chi connectivity index (χ3v) is 4.37. The monoisotopic (exact) mass is 358 g/mol. The fourth-order valence-electron chi connectivity index (χ4n) is 1.68. The number of rotatable bonds is 4. The molecule has 0 aliphatic heterocycles. The Balaban J connectivity index is 2.18. The predicted octanol–water partition coefficient (Wildman–Crippen LogP) is 4.44. The number of aromatic nitrogens is 1. The summed E-state index contributed by atoms with van der Waals surface area (Å²) in [5, 5.41) is 5.19. The lowest BCUT2D eigenvalue weighted by atomic mass is 10.1. The molecule has 1 amide bonds. The van der Waals surface area contributed by atoms with Crippen LogP contribution in [0.25, 0.3) is 0 Å². The van der Waals surface area contributed by atoms with Gasteiger partial charge >= 0.3 is 0 Å². The Bertz CT molecular complexity index is 574. The minimum absolute atomic E-state index is 0.00236. The summed E-state index contributed by atoms with van der Waals surface area (Å²) in [6, 6.07) is 5.66. The van der Waals surface area contributed by atoms with Crippen LogP contribution in [0.2, 0.25) is 5.15 Å². The maximum atomic E-state index is 12.2. The van der Waals surface area contributed by atoms with Gasteiger partial charge < -0.3 is 5.32 Å². The molecular weight excluding hydrogens is 348 g/mol. The van der Waals surface area contributed by atoms with Gasteiger partial charge in [0.1, 0.15) is 5.15 Å². The van der Waals surface area contributed by atoms with E-state index in [2.05, 4.69) is 26.2 Å². The summed E-state index contributed by atoms with van der Waals surface area (Å²) in [4.78, 5) is 17.3. The van der Waals surface area contributed by atoms with E-state index in [1.165, 1.54) is 0 Å². The molecule has 0 spiro atoms. The van der Waals surface area contributed by atoms with Crippen molar-refractivity contribution in [3.05, 3.63) is 49.8 Å². The van der Waals surface area contributed by atoms with Gasteiger partial charge in [0.05, 0.1) is 11.6 Å². The molecule has 0 aliphatic carbocycles. The van der Waals surface area contributed by atoms with Crippen LogP contribution < -0.4 is 5.32 Å². The summed E-state index contributed by atoms with van der Waals surface area (Å²) < 4.78 is 0.728. The van der Waals surface area contributed by atoms with Crippen LogP contribution in [-0.2, 0) is 0 Å². The zero-order chi connectivity index (χ0) is 13.8. The molecule has 1 N–H and O–H groups in total. The lowest BCUT2D eigenvalue weighted by molar-refractivity contribution is 0.0936. The zero-order valence-electron chi connectivity index (χ0n) is 10.2. The first-order valence-corrected chi connectivity index (χ1v) is 7.82. The third kappa shape index (κ3) is 3.55. The first-order valence-electron chi connectivity index (χ1n) is 5.77. The van der Waals surface area contributed by atoms with Gasteiger partial charge in [-0.3, -0.25) is 4.79 Å². The highest BCUT2D eigenvalue weighted by Crippen LogP contribution is 2.24. The maximum Gasteiger partial charge on any atom is 0.254 e. The molecule has 0 aliphatic rings. The fraction of sp³-hybridized carbons (Fsp3) is 0.231. The van der Waals surface area contributed by atoms with E-state index < -0.39 is 0 Å². The maximum absolute atomic E-state index is 12.2. The van der Waals surface area contributed by atoms with Crippen molar-refractivity contribution >= 4 is 44.8 Å². The number of carbonyl (C=O) groups excluding carboxylic acids is 1. The van der Waals surface area contributed by atoms with Crippen molar-refractivity contribution in [3.63, 3.8) is 0 Å².